The SMILES string of the molecule is COC(=O)c1sc(C2=NO[C@](C)(c3cc(Cl)c(Cl)c(Cl)c3)C2)cc1C. The molecule has 0 unspecified atom stereocenters. The summed E-state index contributed by atoms with van der Waals surface area (Å²) in [6.45, 7) is 3.77. The highest BCUT2D eigenvalue weighted by molar-refractivity contribution is 7.16. The quantitative estimate of drug-likeness (QED) is 0.464. The van der Waals surface area contributed by atoms with Crippen LogP contribution >= 0.6 is 46.1 Å². The van der Waals surface area contributed by atoms with Gasteiger partial charge in [-0.05, 0) is 37.6 Å². The largest absolute Gasteiger partial charge is 0.465 e. The minimum absolute atomic E-state index is 0.312. The van der Waals surface area contributed by atoms with Gasteiger partial charge in [-0.1, -0.05) is 40.0 Å². The molecule has 0 aliphatic carbocycles. The zero-order valence-electron chi connectivity index (χ0n) is 13.7. The number of hydrogen-bond donors (Lipinski definition) is 0. The molecule has 0 bridgehead atoms. The Morgan fingerprint density at radius 3 is 2.52 bits per heavy atom. The molecule has 1 aromatic heterocycles. The standard InChI is InChI=1S/C17H14Cl3NO3S/c1-8-4-13(25-15(8)16(22)23-3)12-7-17(2,24-21-12)9-5-10(18)14(20)11(19)6-9/h4-6H,7H2,1-3H3/t17-/m0/s1. The van der Waals surface area contributed by atoms with Gasteiger partial charge in [-0.2, -0.15) is 0 Å². The summed E-state index contributed by atoms with van der Waals surface area (Å²) in [4.78, 5) is 18.9. The van der Waals surface area contributed by atoms with E-state index in [2.05, 4.69) is 5.16 Å². The van der Waals surface area contributed by atoms with Gasteiger partial charge in [-0.3, -0.25) is 0 Å². The van der Waals surface area contributed by atoms with Crippen molar-refractivity contribution in [2.45, 2.75) is 25.9 Å². The summed E-state index contributed by atoms with van der Waals surface area (Å²) in [5.41, 5.74) is 1.68. The van der Waals surface area contributed by atoms with Crippen molar-refractivity contribution in [1.82, 2.24) is 0 Å². The molecule has 1 aromatic carbocycles. The number of ether oxygens (including phenoxy) is 1. The van der Waals surface area contributed by atoms with Crippen LogP contribution in [0.3, 0.4) is 0 Å². The van der Waals surface area contributed by atoms with E-state index in [1.54, 1.807) is 12.1 Å². The van der Waals surface area contributed by atoms with E-state index in [1.165, 1.54) is 18.4 Å². The van der Waals surface area contributed by atoms with Crippen LogP contribution in [0.4, 0.5) is 0 Å². The minimum atomic E-state index is -0.712. The molecular weight excluding hydrogens is 405 g/mol. The topological polar surface area (TPSA) is 47.9 Å². The van der Waals surface area contributed by atoms with E-state index in [0.29, 0.717) is 26.4 Å². The molecule has 0 saturated heterocycles. The Bertz CT molecular complexity index is 870. The Morgan fingerprint density at radius 2 is 1.92 bits per heavy atom. The highest BCUT2D eigenvalue weighted by atomic mass is 35.5. The fourth-order valence-corrected chi connectivity index (χ4v) is 4.27. The molecule has 132 valence electrons. The highest BCUT2D eigenvalue weighted by Gasteiger charge is 2.38. The molecular formula is C17H14Cl3NO3S. The molecule has 0 N–H and O–H groups in total. The third-order valence-corrected chi connectivity index (χ3v) is 6.49. The molecule has 0 saturated carbocycles. The predicted octanol–water partition coefficient (Wildman–Crippen LogP) is 5.84. The van der Waals surface area contributed by atoms with E-state index in [4.69, 9.17) is 44.4 Å². The van der Waals surface area contributed by atoms with Gasteiger partial charge in [0.05, 0.1) is 27.1 Å². The number of rotatable bonds is 3. The Labute approximate surface area is 164 Å². The maximum Gasteiger partial charge on any atom is 0.348 e. The van der Waals surface area contributed by atoms with Crippen LogP contribution in [0, 0.1) is 6.92 Å². The summed E-state index contributed by atoms with van der Waals surface area (Å²) in [5.74, 6) is -0.354. The number of halogens is 3. The average molecular weight is 419 g/mol. The van der Waals surface area contributed by atoms with Crippen molar-refractivity contribution in [2.24, 2.45) is 5.16 Å². The molecule has 0 radical (unpaired) electrons. The zero-order valence-corrected chi connectivity index (χ0v) is 16.7. The second kappa shape index (κ2) is 6.80. The van der Waals surface area contributed by atoms with Crippen LogP contribution in [-0.4, -0.2) is 18.8 Å². The van der Waals surface area contributed by atoms with Gasteiger partial charge in [-0.25, -0.2) is 4.79 Å². The van der Waals surface area contributed by atoms with Crippen LogP contribution in [-0.2, 0) is 15.2 Å². The van der Waals surface area contributed by atoms with Crippen molar-refractivity contribution in [3.63, 3.8) is 0 Å². The van der Waals surface area contributed by atoms with Gasteiger partial charge in [0.15, 0.2) is 5.60 Å². The average Bonchev–Trinajstić information content (AvgIpc) is 3.15. The van der Waals surface area contributed by atoms with Crippen LogP contribution in [0.2, 0.25) is 15.1 Å². The van der Waals surface area contributed by atoms with E-state index in [-0.39, 0.29) is 5.97 Å². The van der Waals surface area contributed by atoms with Crippen molar-refractivity contribution in [3.8, 4) is 0 Å². The molecule has 1 aliphatic rings. The summed E-state index contributed by atoms with van der Waals surface area (Å²) in [7, 11) is 1.36. The fourth-order valence-electron chi connectivity index (χ4n) is 2.61. The zero-order chi connectivity index (χ0) is 18.4. The molecule has 3 rings (SSSR count). The summed E-state index contributed by atoms with van der Waals surface area (Å²) < 4.78 is 4.80. The predicted molar refractivity (Wildman–Crippen MR) is 101 cm³/mol. The maximum absolute atomic E-state index is 11.8. The van der Waals surface area contributed by atoms with Gasteiger partial charge < -0.3 is 9.57 Å². The summed E-state index contributed by atoms with van der Waals surface area (Å²) >= 11 is 19.6. The first kappa shape index (κ1) is 18.5. The van der Waals surface area contributed by atoms with Crippen molar-refractivity contribution in [1.29, 1.82) is 0 Å². The first-order valence-electron chi connectivity index (χ1n) is 7.34. The highest BCUT2D eigenvalue weighted by Crippen LogP contribution is 2.41. The van der Waals surface area contributed by atoms with Crippen LogP contribution in [0.5, 0.6) is 0 Å². The number of benzene rings is 1. The number of oxime groups is 1. The van der Waals surface area contributed by atoms with Gasteiger partial charge in [-0.15, -0.1) is 11.3 Å². The van der Waals surface area contributed by atoms with Crippen LogP contribution in [0.15, 0.2) is 23.4 Å². The monoisotopic (exact) mass is 417 g/mol. The lowest BCUT2D eigenvalue weighted by Crippen LogP contribution is -2.22. The number of nitrogens with zero attached hydrogens (tertiary/aromatic N) is 1. The number of carbonyl (C=O) groups excluding carboxylic acids is 1. The molecule has 25 heavy (non-hydrogen) atoms. The Hall–Kier alpha value is -1.27. The van der Waals surface area contributed by atoms with Crippen molar-refractivity contribution < 1.29 is 14.4 Å². The first-order valence-corrected chi connectivity index (χ1v) is 9.29. The Morgan fingerprint density at radius 1 is 1.28 bits per heavy atom. The number of methoxy groups -OCH3 is 1. The lowest BCUT2D eigenvalue weighted by atomic mass is 9.90. The van der Waals surface area contributed by atoms with Crippen LogP contribution < -0.4 is 0 Å². The van der Waals surface area contributed by atoms with Crippen LogP contribution in [0.25, 0.3) is 0 Å². The molecule has 1 aliphatic heterocycles. The van der Waals surface area contributed by atoms with Crippen molar-refractivity contribution in [2.75, 3.05) is 7.11 Å². The third kappa shape index (κ3) is 3.38. The number of thiophene rings is 1. The fraction of sp³-hybridized carbons (Fsp3) is 0.294. The van der Waals surface area contributed by atoms with E-state index >= 15 is 0 Å². The number of aryl methyl sites for hydroxylation is 1. The third-order valence-electron chi connectivity index (χ3n) is 4.03. The number of esters is 1. The van der Waals surface area contributed by atoms with Gasteiger partial charge >= 0.3 is 5.97 Å². The molecule has 0 fully saturated rings. The molecule has 2 heterocycles. The van der Waals surface area contributed by atoms with Crippen molar-refractivity contribution >= 4 is 57.8 Å². The molecule has 0 amide bonds. The normalized spacial score (nSPS) is 19.5. The molecule has 2 aromatic rings. The van der Waals surface area contributed by atoms with Gasteiger partial charge in [0.2, 0.25) is 0 Å². The summed E-state index contributed by atoms with van der Waals surface area (Å²) in [5, 5.41) is 5.25. The van der Waals surface area contributed by atoms with Gasteiger partial charge in [0.25, 0.3) is 0 Å². The molecule has 8 heteroatoms. The van der Waals surface area contributed by atoms with Gasteiger partial charge in [0, 0.05) is 12.0 Å². The molecule has 1 atom stereocenters. The lowest BCUT2D eigenvalue weighted by molar-refractivity contribution is -0.00737. The molecule has 4 nitrogen and oxygen atoms in total. The lowest BCUT2D eigenvalue weighted by Gasteiger charge is -2.22. The van der Waals surface area contributed by atoms with E-state index in [1.807, 2.05) is 19.9 Å². The second-order valence-electron chi connectivity index (χ2n) is 5.91. The molecule has 0 spiro atoms. The second-order valence-corrected chi connectivity index (χ2v) is 8.15. The first-order chi connectivity index (χ1) is 11.7. The van der Waals surface area contributed by atoms with E-state index in [9.17, 15) is 4.79 Å². The van der Waals surface area contributed by atoms with E-state index < -0.39 is 5.60 Å². The van der Waals surface area contributed by atoms with Gasteiger partial charge in [0.1, 0.15) is 10.6 Å². The number of hydrogen-bond acceptors (Lipinski definition) is 5. The summed E-state index contributed by atoms with van der Waals surface area (Å²) in [6, 6.07) is 5.37. The Kier molecular flexibility index (Phi) is 5.04. The van der Waals surface area contributed by atoms with Crippen LogP contribution in [0.1, 0.15) is 39.0 Å². The Balaban J connectivity index is 1.89. The van der Waals surface area contributed by atoms with Crippen molar-refractivity contribution in [3.05, 3.63) is 54.1 Å². The minimum Gasteiger partial charge on any atom is -0.465 e. The summed E-state index contributed by atoms with van der Waals surface area (Å²) in [6.07, 6.45) is 0.516. The smallest absolute Gasteiger partial charge is 0.348 e. The maximum atomic E-state index is 11.8. The van der Waals surface area contributed by atoms with E-state index in [0.717, 1.165) is 21.7 Å². The number of carbonyl (C=O) groups is 1.